The molecule has 4 rings (SSSR count). The molecule has 2 heterocycles. The molecule has 1 aliphatic rings. The molecule has 0 aliphatic carbocycles. The van der Waals surface area contributed by atoms with Crippen molar-refractivity contribution in [3.8, 4) is 0 Å². The van der Waals surface area contributed by atoms with Gasteiger partial charge in [-0.1, -0.05) is 23.7 Å². The van der Waals surface area contributed by atoms with E-state index in [0.29, 0.717) is 46.6 Å². The van der Waals surface area contributed by atoms with Crippen LogP contribution >= 0.6 is 11.6 Å². The van der Waals surface area contributed by atoms with Gasteiger partial charge in [-0.15, -0.1) is 0 Å². The number of hydrogen-bond donors (Lipinski definition) is 3. The van der Waals surface area contributed by atoms with E-state index in [1.807, 2.05) is 7.05 Å². The molecule has 2 aromatic carbocycles. The van der Waals surface area contributed by atoms with E-state index in [-0.39, 0.29) is 17.7 Å². The summed E-state index contributed by atoms with van der Waals surface area (Å²) < 4.78 is 5.29. The van der Waals surface area contributed by atoms with Crippen molar-refractivity contribution in [1.82, 2.24) is 14.9 Å². The number of nitrogens with one attached hydrogen (secondary N) is 3. The fraction of sp³-hybridized carbons (Fsp3) is 0.300. The number of para-hydroxylation sites is 2. The maximum absolute atomic E-state index is 13.1. The number of likely N-dealkylation sites (tertiary alicyclic amines) is 1. The maximum atomic E-state index is 13.1. The van der Waals surface area contributed by atoms with E-state index in [1.165, 1.54) is 6.08 Å². The van der Waals surface area contributed by atoms with Gasteiger partial charge in [-0.25, -0.2) is 14.8 Å². The smallest absolute Gasteiger partial charge is 0.412 e. The number of ether oxygens (including phenoxy) is 1. The first-order chi connectivity index (χ1) is 19.5. The first-order valence-corrected chi connectivity index (χ1v) is 13.5. The van der Waals surface area contributed by atoms with Crippen LogP contribution in [-0.2, 0) is 14.3 Å². The quantitative estimate of drug-likeness (QED) is 0.321. The summed E-state index contributed by atoms with van der Waals surface area (Å²) in [5, 5.41) is 8.96. The van der Waals surface area contributed by atoms with Crippen molar-refractivity contribution in [2.45, 2.75) is 32.3 Å². The minimum atomic E-state index is -0.652. The third-order valence-corrected chi connectivity index (χ3v) is 6.47. The number of hydrogen-bond acceptors (Lipinski definition) is 7. The van der Waals surface area contributed by atoms with E-state index in [2.05, 4.69) is 30.8 Å². The first kappa shape index (κ1) is 29.7. The number of halogens is 1. The summed E-state index contributed by atoms with van der Waals surface area (Å²) >= 11 is 5.95. The molecule has 11 heteroatoms. The number of benzene rings is 2. The number of carbonyl (C=O) groups excluding carboxylic acids is 3. The Kier molecular flexibility index (Phi) is 9.36. The van der Waals surface area contributed by atoms with Crippen LogP contribution < -0.4 is 16.0 Å². The lowest BCUT2D eigenvalue weighted by Gasteiger charge is -2.20. The van der Waals surface area contributed by atoms with Crippen molar-refractivity contribution in [3.05, 3.63) is 83.4 Å². The number of amides is 3. The van der Waals surface area contributed by atoms with E-state index >= 15 is 0 Å². The maximum Gasteiger partial charge on any atom is 0.412 e. The molecule has 41 heavy (non-hydrogen) atoms. The zero-order valence-electron chi connectivity index (χ0n) is 23.3. The number of nitrogens with zero attached hydrogens (tertiary/aromatic N) is 3. The van der Waals surface area contributed by atoms with Crippen LogP contribution in [0.5, 0.6) is 0 Å². The van der Waals surface area contributed by atoms with E-state index in [4.69, 9.17) is 16.3 Å². The summed E-state index contributed by atoms with van der Waals surface area (Å²) in [6.07, 6.45) is 5.57. The van der Waals surface area contributed by atoms with Crippen molar-refractivity contribution in [1.29, 1.82) is 0 Å². The van der Waals surface area contributed by atoms with Gasteiger partial charge in [0.25, 0.3) is 0 Å². The zero-order valence-corrected chi connectivity index (χ0v) is 24.1. The van der Waals surface area contributed by atoms with Crippen molar-refractivity contribution < 1.29 is 19.1 Å². The number of likely N-dealkylation sites (N-methyl/N-ethyl adjacent to an activating group) is 1. The van der Waals surface area contributed by atoms with Crippen LogP contribution in [0.4, 0.5) is 21.9 Å². The van der Waals surface area contributed by atoms with Crippen LogP contribution in [0.2, 0.25) is 5.02 Å². The topological polar surface area (TPSA) is 126 Å². The second-order valence-corrected chi connectivity index (χ2v) is 11.2. The molecule has 2 unspecified atom stereocenters. The Bertz CT molecular complexity index is 1420. The molecular formula is C30H33ClN6O4. The normalized spacial score (nSPS) is 17.3. The molecule has 3 N–H and O–H groups in total. The second-order valence-electron chi connectivity index (χ2n) is 10.8. The van der Waals surface area contributed by atoms with E-state index in [1.54, 1.807) is 87.8 Å². The fourth-order valence-electron chi connectivity index (χ4n) is 4.38. The Labute approximate surface area is 244 Å². The number of aromatic nitrogens is 2. The summed E-state index contributed by atoms with van der Waals surface area (Å²) in [5.41, 5.74) is 1.48. The van der Waals surface area contributed by atoms with Crippen molar-refractivity contribution >= 4 is 52.6 Å². The van der Waals surface area contributed by atoms with E-state index in [0.717, 1.165) is 0 Å². The lowest BCUT2D eigenvalue weighted by atomic mass is 9.94. The summed E-state index contributed by atoms with van der Waals surface area (Å²) in [6.45, 7) is 6.54. The standard InChI is InChI=1S/C30H33ClN6O4/c1-30(2,3)41-29(40)36-25-8-6-5-7-24(25)35-26(38)14-9-19-15-32-27(33-16-19)22-17-37(4)18-23(22)28(39)34-21-12-10-20(31)11-13-21/h5-16,22-23H,17-18H2,1-4H3,(H,34,39)(H,35,38)(H,36,40)/b14-9+. The van der Waals surface area contributed by atoms with E-state index in [9.17, 15) is 14.4 Å². The molecule has 0 bridgehead atoms. The highest BCUT2D eigenvalue weighted by Gasteiger charge is 2.38. The largest absolute Gasteiger partial charge is 0.444 e. The first-order valence-electron chi connectivity index (χ1n) is 13.1. The van der Waals surface area contributed by atoms with Gasteiger partial charge in [0.1, 0.15) is 11.4 Å². The van der Waals surface area contributed by atoms with E-state index < -0.39 is 17.6 Å². The van der Waals surface area contributed by atoms with Crippen LogP contribution in [0.15, 0.2) is 67.0 Å². The molecule has 3 aromatic rings. The lowest BCUT2D eigenvalue weighted by Crippen LogP contribution is -2.29. The van der Waals surface area contributed by atoms with Gasteiger partial charge in [-0.3, -0.25) is 14.9 Å². The summed E-state index contributed by atoms with van der Waals surface area (Å²) in [4.78, 5) is 48.9. The van der Waals surface area contributed by atoms with Gasteiger partial charge in [0.15, 0.2) is 0 Å². The average molecular weight is 577 g/mol. The monoisotopic (exact) mass is 576 g/mol. The van der Waals surface area contributed by atoms with Gasteiger partial charge in [-0.05, 0) is 70.3 Å². The van der Waals surface area contributed by atoms with Gasteiger partial charge in [0.2, 0.25) is 11.8 Å². The molecule has 1 aliphatic heterocycles. The van der Waals surface area contributed by atoms with Crippen LogP contribution in [0, 0.1) is 5.92 Å². The van der Waals surface area contributed by atoms with Crippen LogP contribution in [0.3, 0.4) is 0 Å². The Morgan fingerprint density at radius 3 is 2.22 bits per heavy atom. The molecule has 1 aromatic heterocycles. The minimum Gasteiger partial charge on any atom is -0.444 e. The van der Waals surface area contributed by atoms with Gasteiger partial charge >= 0.3 is 6.09 Å². The number of carbonyl (C=O) groups is 3. The molecule has 1 saturated heterocycles. The Morgan fingerprint density at radius 2 is 1.59 bits per heavy atom. The van der Waals surface area contributed by atoms with Crippen molar-refractivity contribution in [2.75, 3.05) is 36.1 Å². The van der Waals surface area contributed by atoms with Crippen LogP contribution in [-0.4, -0.2) is 58.5 Å². The molecule has 0 saturated carbocycles. The molecular weight excluding hydrogens is 544 g/mol. The number of rotatable bonds is 7. The molecule has 2 atom stereocenters. The van der Waals surface area contributed by atoms with Gasteiger partial charge in [0, 0.05) is 53.8 Å². The van der Waals surface area contributed by atoms with Crippen LogP contribution in [0.1, 0.15) is 38.1 Å². The predicted octanol–water partition coefficient (Wildman–Crippen LogP) is 5.41. The van der Waals surface area contributed by atoms with Gasteiger partial charge in [0.05, 0.1) is 17.3 Å². The van der Waals surface area contributed by atoms with Crippen LogP contribution in [0.25, 0.3) is 6.08 Å². The second kappa shape index (κ2) is 12.9. The van der Waals surface area contributed by atoms with Gasteiger partial charge < -0.3 is 20.3 Å². The van der Waals surface area contributed by atoms with Crippen molar-refractivity contribution in [2.24, 2.45) is 5.92 Å². The fourth-order valence-corrected chi connectivity index (χ4v) is 4.51. The zero-order chi connectivity index (χ0) is 29.6. The highest BCUT2D eigenvalue weighted by atomic mass is 35.5. The molecule has 0 spiro atoms. The summed E-state index contributed by atoms with van der Waals surface area (Å²) in [7, 11) is 1.96. The molecule has 10 nitrogen and oxygen atoms in total. The SMILES string of the molecule is CN1CC(C(=O)Nc2ccc(Cl)cc2)C(c2ncc(/C=C/C(=O)Nc3ccccc3NC(=O)OC(C)(C)C)cn2)C1. The highest BCUT2D eigenvalue weighted by molar-refractivity contribution is 6.30. The highest BCUT2D eigenvalue weighted by Crippen LogP contribution is 2.31. The predicted molar refractivity (Wildman–Crippen MR) is 160 cm³/mol. The Balaban J connectivity index is 1.37. The number of anilines is 3. The lowest BCUT2D eigenvalue weighted by molar-refractivity contribution is -0.120. The minimum absolute atomic E-state index is 0.104. The summed E-state index contributed by atoms with van der Waals surface area (Å²) in [6, 6.07) is 13.8. The van der Waals surface area contributed by atoms with Crippen molar-refractivity contribution in [3.63, 3.8) is 0 Å². The third kappa shape index (κ3) is 8.60. The third-order valence-electron chi connectivity index (χ3n) is 6.22. The van der Waals surface area contributed by atoms with Gasteiger partial charge in [-0.2, -0.15) is 0 Å². The average Bonchev–Trinajstić information content (AvgIpc) is 3.31. The summed E-state index contributed by atoms with van der Waals surface area (Å²) in [5.74, 6) is -0.439. The Hall–Kier alpha value is -4.28. The Morgan fingerprint density at radius 1 is 0.951 bits per heavy atom. The molecule has 214 valence electrons. The molecule has 3 amide bonds. The molecule has 1 fully saturated rings. The molecule has 0 radical (unpaired) electrons.